The number of rotatable bonds is 6. The number of carbonyl (C=O) groups is 1. The molecule has 1 aromatic heterocycles. The standard InChI is InChI=1S/C18H28N4O/c1-14-9-17(21-20-14)13-22-8-7-16(12-22)11-19-18(23)10-15-5-3-2-4-6-15/h5,9,16H,2-4,6-8,10-13H2,1H3,(H,19,23)(H,20,21)/t16-/m1/s1. The maximum atomic E-state index is 12.1. The summed E-state index contributed by atoms with van der Waals surface area (Å²) in [5.74, 6) is 0.763. The average Bonchev–Trinajstić information content (AvgIpc) is 3.16. The van der Waals surface area contributed by atoms with Gasteiger partial charge in [0.05, 0.1) is 5.69 Å². The van der Waals surface area contributed by atoms with Crippen LogP contribution < -0.4 is 5.32 Å². The molecule has 1 aromatic rings. The summed E-state index contributed by atoms with van der Waals surface area (Å²) in [7, 11) is 0. The van der Waals surface area contributed by atoms with Crippen LogP contribution in [0.25, 0.3) is 0 Å². The highest BCUT2D eigenvalue weighted by Crippen LogP contribution is 2.20. The lowest BCUT2D eigenvalue weighted by Gasteiger charge is -2.16. The van der Waals surface area contributed by atoms with Crippen molar-refractivity contribution in [3.8, 4) is 0 Å². The molecule has 0 unspecified atom stereocenters. The number of carbonyl (C=O) groups excluding carboxylic acids is 1. The molecule has 0 aromatic carbocycles. The molecular formula is C18H28N4O. The van der Waals surface area contributed by atoms with Crippen LogP contribution in [0.2, 0.25) is 0 Å². The highest BCUT2D eigenvalue weighted by molar-refractivity contribution is 5.78. The number of aromatic amines is 1. The second-order valence-electron chi connectivity index (χ2n) is 7.02. The zero-order valence-electron chi connectivity index (χ0n) is 14.1. The zero-order valence-corrected chi connectivity index (χ0v) is 14.1. The molecule has 3 rings (SSSR count). The van der Waals surface area contributed by atoms with Crippen LogP contribution in [-0.2, 0) is 11.3 Å². The first-order chi connectivity index (χ1) is 11.2. The number of allylic oxidation sites excluding steroid dienone is 1. The Hall–Kier alpha value is -1.62. The number of nitrogens with zero attached hydrogens (tertiary/aromatic N) is 2. The minimum absolute atomic E-state index is 0.194. The topological polar surface area (TPSA) is 61.0 Å². The number of aromatic nitrogens is 2. The van der Waals surface area contributed by atoms with Gasteiger partial charge < -0.3 is 5.32 Å². The predicted molar refractivity (Wildman–Crippen MR) is 90.9 cm³/mol. The fourth-order valence-corrected chi connectivity index (χ4v) is 3.60. The van der Waals surface area contributed by atoms with Crippen molar-refractivity contribution in [2.45, 2.75) is 52.0 Å². The van der Waals surface area contributed by atoms with E-state index in [-0.39, 0.29) is 5.91 Å². The van der Waals surface area contributed by atoms with Crippen molar-refractivity contribution >= 4 is 5.91 Å². The molecule has 23 heavy (non-hydrogen) atoms. The Balaban J connectivity index is 1.36. The fourth-order valence-electron chi connectivity index (χ4n) is 3.60. The largest absolute Gasteiger partial charge is 0.355 e. The van der Waals surface area contributed by atoms with Crippen molar-refractivity contribution in [2.75, 3.05) is 19.6 Å². The van der Waals surface area contributed by atoms with E-state index in [1.807, 2.05) is 6.92 Å². The Bertz CT molecular complexity index is 563. The normalized spacial score (nSPS) is 22.1. The molecule has 1 saturated heterocycles. The maximum Gasteiger partial charge on any atom is 0.224 e. The first-order valence-electron chi connectivity index (χ1n) is 8.87. The second-order valence-corrected chi connectivity index (χ2v) is 7.02. The molecule has 2 aliphatic rings. The molecule has 2 heterocycles. The van der Waals surface area contributed by atoms with E-state index in [1.165, 1.54) is 18.4 Å². The lowest BCUT2D eigenvalue weighted by molar-refractivity contribution is -0.120. The van der Waals surface area contributed by atoms with Crippen molar-refractivity contribution in [2.24, 2.45) is 5.92 Å². The third kappa shape index (κ3) is 4.93. The van der Waals surface area contributed by atoms with E-state index in [0.717, 1.165) is 56.8 Å². The Morgan fingerprint density at radius 1 is 1.48 bits per heavy atom. The van der Waals surface area contributed by atoms with Crippen LogP contribution >= 0.6 is 0 Å². The molecule has 0 spiro atoms. The van der Waals surface area contributed by atoms with E-state index in [2.05, 4.69) is 32.6 Å². The van der Waals surface area contributed by atoms with Crippen LogP contribution in [0.1, 0.15) is 49.9 Å². The first-order valence-corrected chi connectivity index (χ1v) is 8.87. The van der Waals surface area contributed by atoms with Crippen molar-refractivity contribution < 1.29 is 4.79 Å². The molecule has 1 aliphatic carbocycles. The van der Waals surface area contributed by atoms with Gasteiger partial charge in [0.15, 0.2) is 0 Å². The molecule has 1 atom stereocenters. The predicted octanol–water partition coefficient (Wildman–Crippen LogP) is 2.55. The SMILES string of the molecule is Cc1cc(CN2CC[C@H](CNC(=O)CC3=CCCCC3)C2)n[nH]1. The van der Waals surface area contributed by atoms with Gasteiger partial charge in [0.2, 0.25) is 5.91 Å². The van der Waals surface area contributed by atoms with Gasteiger partial charge in [0.25, 0.3) is 0 Å². The monoisotopic (exact) mass is 316 g/mol. The number of likely N-dealkylation sites (tertiary alicyclic amines) is 1. The van der Waals surface area contributed by atoms with E-state index >= 15 is 0 Å². The molecule has 0 radical (unpaired) electrons. The number of hydrogen-bond donors (Lipinski definition) is 2. The summed E-state index contributed by atoms with van der Waals surface area (Å²) in [6.07, 6.45) is 8.78. The fraction of sp³-hybridized carbons (Fsp3) is 0.667. The van der Waals surface area contributed by atoms with Crippen molar-refractivity contribution in [1.82, 2.24) is 20.4 Å². The molecule has 1 aliphatic heterocycles. The minimum atomic E-state index is 0.194. The molecule has 0 bridgehead atoms. The molecule has 126 valence electrons. The van der Waals surface area contributed by atoms with Crippen molar-refractivity contribution in [3.63, 3.8) is 0 Å². The van der Waals surface area contributed by atoms with Gasteiger partial charge in [0.1, 0.15) is 0 Å². The Labute approximate surface area is 138 Å². The van der Waals surface area contributed by atoms with Gasteiger partial charge in [-0.05, 0) is 57.6 Å². The number of nitrogens with one attached hydrogen (secondary N) is 2. The van der Waals surface area contributed by atoms with Gasteiger partial charge in [-0.1, -0.05) is 11.6 Å². The van der Waals surface area contributed by atoms with Crippen LogP contribution in [0, 0.1) is 12.8 Å². The Morgan fingerprint density at radius 3 is 3.13 bits per heavy atom. The summed E-state index contributed by atoms with van der Waals surface area (Å²) in [4.78, 5) is 14.5. The number of aryl methyl sites for hydroxylation is 1. The second kappa shape index (κ2) is 7.77. The van der Waals surface area contributed by atoms with Gasteiger partial charge in [-0.2, -0.15) is 5.10 Å². The number of hydrogen-bond acceptors (Lipinski definition) is 3. The van der Waals surface area contributed by atoms with E-state index in [4.69, 9.17) is 0 Å². The van der Waals surface area contributed by atoms with Gasteiger partial charge in [-0.25, -0.2) is 0 Å². The van der Waals surface area contributed by atoms with Crippen LogP contribution in [0.5, 0.6) is 0 Å². The summed E-state index contributed by atoms with van der Waals surface area (Å²) in [6, 6.07) is 2.10. The molecule has 1 fully saturated rings. The summed E-state index contributed by atoms with van der Waals surface area (Å²) in [5.41, 5.74) is 3.55. The van der Waals surface area contributed by atoms with Crippen LogP contribution in [-0.4, -0.2) is 40.6 Å². The van der Waals surface area contributed by atoms with E-state index in [1.54, 1.807) is 0 Å². The molecule has 5 nitrogen and oxygen atoms in total. The quantitative estimate of drug-likeness (QED) is 0.793. The highest BCUT2D eigenvalue weighted by atomic mass is 16.1. The lowest BCUT2D eigenvalue weighted by atomic mass is 9.97. The van der Waals surface area contributed by atoms with Gasteiger partial charge in [-0.3, -0.25) is 14.8 Å². The third-order valence-electron chi connectivity index (χ3n) is 4.88. The average molecular weight is 316 g/mol. The van der Waals surface area contributed by atoms with Crippen LogP contribution in [0.3, 0.4) is 0 Å². The van der Waals surface area contributed by atoms with Crippen molar-refractivity contribution in [1.29, 1.82) is 0 Å². The highest BCUT2D eigenvalue weighted by Gasteiger charge is 2.23. The maximum absolute atomic E-state index is 12.1. The summed E-state index contributed by atoms with van der Waals surface area (Å²) < 4.78 is 0. The first kappa shape index (κ1) is 16.2. The van der Waals surface area contributed by atoms with E-state index in [0.29, 0.717) is 12.3 Å². The summed E-state index contributed by atoms with van der Waals surface area (Å²) in [5, 5.41) is 10.4. The van der Waals surface area contributed by atoms with Crippen molar-refractivity contribution in [3.05, 3.63) is 29.1 Å². The Morgan fingerprint density at radius 2 is 2.39 bits per heavy atom. The van der Waals surface area contributed by atoms with Gasteiger partial charge >= 0.3 is 0 Å². The molecular weight excluding hydrogens is 288 g/mol. The smallest absolute Gasteiger partial charge is 0.224 e. The zero-order chi connectivity index (χ0) is 16.1. The third-order valence-corrected chi connectivity index (χ3v) is 4.88. The summed E-state index contributed by atoms with van der Waals surface area (Å²) in [6.45, 7) is 5.89. The van der Waals surface area contributed by atoms with Gasteiger partial charge in [-0.15, -0.1) is 0 Å². The van der Waals surface area contributed by atoms with Gasteiger partial charge in [0, 0.05) is 31.7 Å². The lowest BCUT2D eigenvalue weighted by Crippen LogP contribution is -2.31. The number of H-pyrrole nitrogens is 1. The van der Waals surface area contributed by atoms with E-state index < -0.39 is 0 Å². The van der Waals surface area contributed by atoms with Crippen LogP contribution in [0.15, 0.2) is 17.7 Å². The minimum Gasteiger partial charge on any atom is -0.355 e. The molecule has 2 N–H and O–H groups in total. The molecule has 0 saturated carbocycles. The van der Waals surface area contributed by atoms with E-state index in [9.17, 15) is 4.79 Å². The molecule has 1 amide bonds. The Kier molecular flexibility index (Phi) is 5.49. The number of amides is 1. The molecule has 5 heteroatoms. The van der Waals surface area contributed by atoms with Crippen LogP contribution in [0.4, 0.5) is 0 Å². The summed E-state index contributed by atoms with van der Waals surface area (Å²) >= 11 is 0.